The molecule has 4 nitrogen and oxygen atoms in total. The van der Waals surface area contributed by atoms with Crippen LogP contribution >= 0.6 is 11.5 Å². The van der Waals surface area contributed by atoms with Crippen molar-refractivity contribution in [2.24, 2.45) is 0 Å². The SMILES string of the molecule is CNc1snnc1COc1cccc(C(C)(C)C)c1. The van der Waals surface area contributed by atoms with Crippen molar-refractivity contribution in [3.63, 3.8) is 0 Å². The maximum absolute atomic E-state index is 5.79. The number of ether oxygens (including phenoxy) is 1. The molecule has 0 saturated carbocycles. The van der Waals surface area contributed by atoms with E-state index < -0.39 is 0 Å². The summed E-state index contributed by atoms with van der Waals surface area (Å²) in [5.41, 5.74) is 2.22. The summed E-state index contributed by atoms with van der Waals surface area (Å²) in [5.74, 6) is 0.863. The molecule has 0 bridgehead atoms. The van der Waals surface area contributed by atoms with Crippen molar-refractivity contribution in [3.05, 3.63) is 35.5 Å². The zero-order valence-electron chi connectivity index (χ0n) is 11.7. The van der Waals surface area contributed by atoms with Crippen molar-refractivity contribution >= 4 is 16.5 Å². The van der Waals surface area contributed by atoms with Gasteiger partial charge in [-0.3, -0.25) is 0 Å². The molecular formula is C14H19N3OS. The van der Waals surface area contributed by atoms with Crippen molar-refractivity contribution < 1.29 is 4.74 Å². The minimum absolute atomic E-state index is 0.123. The van der Waals surface area contributed by atoms with Crippen molar-refractivity contribution in [1.29, 1.82) is 0 Å². The van der Waals surface area contributed by atoms with Gasteiger partial charge in [0.1, 0.15) is 23.1 Å². The molecule has 0 radical (unpaired) electrons. The van der Waals surface area contributed by atoms with Crippen LogP contribution in [-0.2, 0) is 12.0 Å². The molecule has 0 spiro atoms. The van der Waals surface area contributed by atoms with Crippen molar-refractivity contribution in [2.45, 2.75) is 32.8 Å². The van der Waals surface area contributed by atoms with E-state index >= 15 is 0 Å². The zero-order chi connectivity index (χ0) is 13.9. The third kappa shape index (κ3) is 3.44. The number of anilines is 1. The summed E-state index contributed by atoms with van der Waals surface area (Å²) in [6.07, 6.45) is 0. The van der Waals surface area contributed by atoms with Gasteiger partial charge in [-0.2, -0.15) is 0 Å². The van der Waals surface area contributed by atoms with Crippen LogP contribution in [0, 0.1) is 0 Å². The first-order valence-electron chi connectivity index (χ1n) is 6.23. The maximum atomic E-state index is 5.79. The monoisotopic (exact) mass is 277 g/mol. The Balaban J connectivity index is 2.08. The first-order valence-corrected chi connectivity index (χ1v) is 7.00. The summed E-state index contributed by atoms with van der Waals surface area (Å²) in [5, 5.41) is 8.07. The van der Waals surface area contributed by atoms with E-state index in [2.05, 4.69) is 47.8 Å². The molecule has 0 fully saturated rings. The molecule has 0 aliphatic heterocycles. The fourth-order valence-electron chi connectivity index (χ4n) is 1.70. The molecule has 102 valence electrons. The number of hydrogen-bond donors (Lipinski definition) is 1. The molecule has 5 heteroatoms. The molecule has 1 aromatic heterocycles. The van der Waals surface area contributed by atoms with Crippen LogP contribution in [-0.4, -0.2) is 16.6 Å². The van der Waals surface area contributed by atoms with E-state index in [9.17, 15) is 0 Å². The largest absolute Gasteiger partial charge is 0.487 e. The van der Waals surface area contributed by atoms with Crippen LogP contribution in [0.4, 0.5) is 5.00 Å². The van der Waals surface area contributed by atoms with E-state index in [0.29, 0.717) is 6.61 Å². The van der Waals surface area contributed by atoms with Crippen molar-refractivity contribution in [1.82, 2.24) is 9.59 Å². The van der Waals surface area contributed by atoms with E-state index in [-0.39, 0.29) is 5.41 Å². The molecule has 2 rings (SSSR count). The van der Waals surface area contributed by atoms with Crippen LogP contribution in [0.3, 0.4) is 0 Å². The van der Waals surface area contributed by atoms with Gasteiger partial charge in [-0.1, -0.05) is 37.4 Å². The van der Waals surface area contributed by atoms with Gasteiger partial charge in [0.15, 0.2) is 0 Å². The molecule has 0 atom stereocenters. The highest BCUT2D eigenvalue weighted by atomic mass is 32.1. The Bertz CT molecular complexity index is 546. The molecule has 2 aromatic rings. The fraction of sp³-hybridized carbons (Fsp3) is 0.429. The van der Waals surface area contributed by atoms with Crippen LogP contribution in [0.5, 0.6) is 5.75 Å². The predicted molar refractivity (Wildman–Crippen MR) is 78.9 cm³/mol. The Labute approximate surface area is 118 Å². The van der Waals surface area contributed by atoms with Gasteiger partial charge in [0.25, 0.3) is 0 Å². The van der Waals surface area contributed by atoms with Crippen molar-refractivity contribution in [3.8, 4) is 5.75 Å². The smallest absolute Gasteiger partial charge is 0.136 e. The van der Waals surface area contributed by atoms with Gasteiger partial charge in [-0.25, -0.2) is 0 Å². The Kier molecular flexibility index (Phi) is 4.04. The highest BCUT2D eigenvalue weighted by Crippen LogP contribution is 2.26. The Morgan fingerprint density at radius 2 is 2.11 bits per heavy atom. The van der Waals surface area contributed by atoms with Crippen LogP contribution in [0.2, 0.25) is 0 Å². The highest BCUT2D eigenvalue weighted by molar-refractivity contribution is 7.10. The maximum Gasteiger partial charge on any atom is 0.136 e. The van der Waals surface area contributed by atoms with E-state index in [1.807, 2.05) is 19.2 Å². The quantitative estimate of drug-likeness (QED) is 0.929. The first-order chi connectivity index (χ1) is 9.00. The average molecular weight is 277 g/mol. The number of rotatable bonds is 4. The number of nitrogens with zero attached hydrogens (tertiary/aromatic N) is 2. The van der Waals surface area contributed by atoms with Gasteiger partial charge < -0.3 is 10.1 Å². The Morgan fingerprint density at radius 3 is 2.79 bits per heavy atom. The predicted octanol–water partition coefficient (Wildman–Crippen LogP) is 3.46. The summed E-state index contributed by atoms with van der Waals surface area (Å²) >= 11 is 1.34. The van der Waals surface area contributed by atoms with E-state index in [0.717, 1.165) is 16.4 Å². The number of nitrogens with one attached hydrogen (secondary N) is 1. The fourth-order valence-corrected chi connectivity index (χ4v) is 2.21. The molecule has 0 unspecified atom stereocenters. The minimum Gasteiger partial charge on any atom is -0.487 e. The van der Waals surface area contributed by atoms with Crippen LogP contribution in [0.15, 0.2) is 24.3 Å². The number of benzene rings is 1. The van der Waals surface area contributed by atoms with E-state index in [1.165, 1.54) is 17.1 Å². The lowest BCUT2D eigenvalue weighted by molar-refractivity contribution is 0.301. The normalized spacial score (nSPS) is 11.4. The standard InChI is InChI=1S/C14H19N3OS/c1-14(2,3)10-6-5-7-11(8-10)18-9-12-13(15-4)19-17-16-12/h5-8,15H,9H2,1-4H3. The van der Waals surface area contributed by atoms with Crippen LogP contribution < -0.4 is 10.1 Å². The second kappa shape index (κ2) is 5.57. The van der Waals surface area contributed by atoms with E-state index in [1.54, 1.807) is 0 Å². The lowest BCUT2D eigenvalue weighted by atomic mass is 9.87. The number of hydrogen-bond acceptors (Lipinski definition) is 5. The zero-order valence-corrected chi connectivity index (χ0v) is 12.5. The third-order valence-corrected chi connectivity index (χ3v) is 3.64. The molecule has 1 N–H and O–H groups in total. The molecule has 1 aromatic carbocycles. The molecular weight excluding hydrogens is 258 g/mol. The lowest BCUT2D eigenvalue weighted by Gasteiger charge is -2.19. The topological polar surface area (TPSA) is 47.0 Å². The van der Waals surface area contributed by atoms with Gasteiger partial charge in [0.2, 0.25) is 0 Å². The van der Waals surface area contributed by atoms with Crippen LogP contribution in [0.1, 0.15) is 32.0 Å². The Morgan fingerprint density at radius 1 is 1.32 bits per heavy atom. The van der Waals surface area contributed by atoms with E-state index in [4.69, 9.17) is 4.74 Å². The summed E-state index contributed by atoms with van der Waals surface area (Å²) in [4.78, 5) is 0. The second-order valence-corrected chi connectivity index (χ2v) is 6.12. The highest BCUT2D eigenvalue weighted by Gasteiger charge is 2.14. The summed E-state index contributed by atoms with van der Waals surface area (Å²) < 4.78 is 9.70. The second-order valence-electron chi connectivity index (χ2n) is 5.37. The average Bonchev–Trinajstić information content (AvgIpc) is 2.83. The van der Waals surface area contributed by atoms with Gasteiger partial charge in [0, 0.05) is 18.6 Å². The third-order valence-electron chi connectivity index (χ3n) is 2.86. The molecule has 0 aliphatic rings. The minimum atomic E-state index is 0.123. The molecule has 1 heterocycles. The van der Waals surface area contributed by atoms with Gasteiger partial charge in [0.05, 0.1) is 0 Å². The van der Waals surface area contributed by atoms with Gasteiger partial charge >= 0.3 is 0 Å². The summed E-state index contributed by atoms with van der Waals surface area (Å²) in [6.45, 7) is 7.00. The van der Waals surface area contributed by atoms with Crippen molar-refractivity contribution in [2.75, 3.05) is 12.4 Å². The lowest BCUT2D eigenvalue weighted by Crippen LogP contribution is -2.11. The van der Waals surface area contributed by atoms with Gasteiger partial charge in [-0.05, 0) is 23.1 Å². The molecule has 0 aliphatic carbocycles. The van der Waals surface area contributed by atoms with Gasteiger partial charge in [-0.15, -0.1) is 5.10 Å². The first kappa shape index (κ1) is 13.8. The Hall–Kier alpha value is -1.62. The summed E-state index contributed by atoms with van der Waals surface area (Å²) in [6, 6.07) is 8.19. The number of aromatic nitrogens is 2. The summed E-state index contributed by atoms with van der Waals surface area (Å²) in [7, 11) is 1.86. The molecule has 0 saturated heterocycles. The molecule has 19 heavy (non-hydrogen) atoms. The molecule has 0 amide bonds. The van der Waals surface area contributed by atoms with Crippen LogP contribution in [0.25, 0.3) is 0 Å².